The molecule has 1 amide bonds. The Morgan fingerprint density at radius 1 is 1.10 bits per heavy atom. The molecule has 40 heavy (non-hydrogen) atoms. The number of amides is 1. The van der Waals surface area contributed by atoms with Gasteiger partial charge in [-0.25, -0.2) is 5.01 Å². The fourth-order valence-electron chi connectivity index (χ4n) is 3.81. The number of aromatic nitrogens is 2. The van der Waals surface area contributed by atoms with Gasteiger partial charge in [0.1, 0.15) is 5.75 Å². The molecule has 0 saturated heterocycles. The summed E-state index contributed by atoms with van der Waals surface area (Å²) < 4.78 is 40.8. The van der Waals surface area contributed by atoms with E-state index in [0.29, 0.717) is 5.69 Å². The molecule has 1 aromatic heterocycles. The number of benzene rings is 3. The Kier molecular flexibility index (Phi) is 8.49. The first-order chi connectivity index (χ1) is 19.0. The quantitative estimate of drug-likeness (QED) is 0.129. The fraction of sp³-hybridized carbons (Fsp3) is 0.143. The lowest BCUT2D eigenvalue weighted by molar-refractivity contribution is -0.274. The topological polar surface area (TPSA) is 109 Å². The number of halogens is 3. The normalized spacial score (nSPS) is 11.6. The Morgan fingerprint density at radius 2 is 1.77 bits per heavy atom. The predicted octanol–water partition coefficient (Wildman–Crippen LogP) is 6.44. The number of H-pyrrole nitrogens is 1. The van der Waals surface area contributed by atoms with Crippen LogP contribution in [0.15, 0.2) is 84.0 Å². The molecule has 0 radical (unpaired) electrons. The van der Waals surface area contributed by atoms with Gasteiger partial charge in [0.05, 0.1) is 17.6 Å². The highest BCUT2D eigenvalue weighted by Gasteiger charge is 2.31. The maximum absolute atomic E-state index is 12.5. The molecule has 4 rings (SSSR count). The third kappa shape index (κ3) is 7.23. The summed E-state index contributed by atoms with van der Waals surface area (Å²) in [7, 11) is 0. The van der Waals surface area contributed by atoms with Crippen molar-refractivity contribution in [3.8, 4) is 17.0 Å². The summed E-state index contributed by atoms with van der Waals surface area (Å²) in [6, 6.07) is 21.4. The van der Waals surface area contributed by atoms with E-state index in [4.69, 9.17) is 18.0 Å². The van der Waals surface area contributed by atoms with E-state index < -0.39 is 18.0 Å². The maximum atomic E-state index is 12.5. The van der Waals surface area contributed by atoms with E-state index in [0.717, 1.165) is 34.5 Å². The van der Waals surface area contributed by atoms with Crippen molar-refractivity contribution < 1.29 is 22.7 Å². The molecule has 3 aromatic carbocycles. The molecule has 4 N–H and O–H groups in total. The molecular weight excluding hydrogens is 541 g/mol. The second kappa shape index (κ2) is 12.0. The number of para-hydroxylation sites is 1. The molecule has 12 heteroatoms. The van der Waals surface area contributed by atoms with Crippen LogP contribution < -0.4 is 20.8 Å². The molecule has 0 unspecified atom stereocenters. The number of hydrogen-bond acceptors (Lipinski definition) is 5. The number of anilines is 2. The summed E-state index contributed by atoms with van der Waals surface area (Å²) in [5.74, 6) is -0.454. The van der Waals surface area contributed by atoms with Crippen LogP contribution in [-0.4, -0.2) is 33.8 Å². The first-order valence-corrected chi connectivity index (χ1v) is 12.5. The number of alkyl halides is 3. The molecule has 206 valence electrons. The SMILES string of the molecule is CC(C)c1ccccc1N(/N=C/c1ccc(-c2cc(NC(=O)c3ccc(OC(F)(F)F)cc3)n[nH]2)cc1)C(N)=S. The molecule has 1 heterocycles. The van der Waals surface area contributed by atoms with Gasteiger partial charge in [0, 0.05) is 11.6 Å². The van der Waals surface area contributed by atoms with Crippen molar-refractivity contribution in [1.82, 2.24) is 10.2 Å². The van der Waals surface area contributed by atoms with Gasteiger partial charge in [-0.3, -0.25) is 9.89 Å². The van der Waals surface area contributed by atoms with E-state index in [2.05, 4.69) is 39.2 Å². The number of hydrazone groups is 1. The first-order valence-electron chi connectivity index (χ1n) is 12.1. The summed E-state index contributed by atoms with van der Waals surface area (Å²) in [5, 5.41) is 15.7. The second-order valence-electron chi connectivity index (χ2n) is 8.92. The molecule has 0 fully saturated rings. The zero-order chi connectivity index (χ0) is 28.9. The van der Waals surface area contributed by atoms with Crippen LogP contribution >= 0.6 is 12.2 Å². The Labute approximate surface area is 233 Å². The average molecular weight is 567 g/mol. The minimum atomic E-state index is -4.81. The van der Waals surface area contributed by atoms with Crippen LogP contribution in [0.25, 0.3) is 11.3 Å². The van der Waals surface area contributed by atoms with E-state index in [9.17, 15) is 18.0 Å². The molecule has 0 bridgehead atoms. The zero-order valence-electron chi connectivity index (χ0n) is 21.4. The first kappa shape index (κ1) is 28.3. The van der Waals surface area contributed by atoms with E-state index in [-0.39, 0.29) is 22.4 Å². The van der Waals surface area contributed by atoms with Crippen molar-refractivity contribution in [2.45, 2.75) is 26.1 Å². The molecule has 4 aromatic rings. The Balaban J connectivity index is 1.42. The Bertz CT molecular complexity index is 1520. The third-order valence-corrected chi connectivity index (χ3v) is 5.88. The van der Waals surface area contributed by atoms with Gasteiger partial charge < -0.3 is 15.8 Å². The largest absolute Gasteiger partial charge is 0.573 e. The van der Waals surface area contributed by atoms with Crippen molar-refractivity contribution in [2.75, 3.05) is 10.3 Å². The van der Waals surface area contributed by atoms with Gasteiger partial charge in [0.2, 0.25) is 0 Å². The highest BCUT2D eigenvalue weighted by atomic mass is 32.1. The molecule has 8 nitrogen and oxygen atoms in total. The lowest BCUT2D eigenvalue weighted by Crippen LogP contribution is -2.31. The smallest absolute Gasteiger partial charge is 0.406 e. The van der Waals surface area contributed by atoms with Crippen LogP contribution in [0.5, 0.6) is 5.75 Å². The van der Waals surface area contributed by atoms with Gasteiger partial charge in [-0.2, -0.15) is 10.2 Å². The zero-order valence-corrected chi connectivity index (χ0v) is 22.3. The van der Waals surface area contributed by atoms with Crippen LogP contribution in [0.2, 0.25) is 0 Å². The van der Waals surface area contributed by atoms with Gasteiger partial charge in [-0.1, -0.05) is 56.3 Å². The summed E-state index contributed by atoms with van der Waals surface area (Å²) in [6.45, 7) is 4.17. The standard InChI is InChI=1S/C28H25F3N6O2S/c1-17(2)22-5-3-4-6-24(22)37(27(32)40)33-16-18-7-9-19(10-8-18)23-15-25(36-35-23)34-26(38)20-11-13-21(14-12-20)39-28(29,30)31/h3-17H,1-2H3,(H2,32,40)(H2,34,35,36,38)/b33-16+. The average Bonchev–Trinajstić information content (AvgIpc) is 3.37. The summed E-state index contributed by atoms with van der Waals surface area (Å²) in [5.41, 5.74) is 10.2. The number of thiocarbonyl (C=S) groups is 1. The van der Waals surface area contributed by atoms with E-state index in [1.165, 1.54) is 17.1 Å². The van der Waals surface area contributed by atoms with Gasteiger partial charge in [0.25, 0.3) is 5.91 Å². The van der Waals surface area contributed by atoms with Crippen molar-refractivity contribution >= 4 is 41.0 Å². The van der Waals surface area contributed by atoms with Gasteiger partial charge >= 0.3 is 6.36 Å². The number of nitrogens with one attached hydrogen (secondary N) is 2. The number of hydrogen-bond donors (Lipinski definition) is 3. The molecule has 0 aliphatic carbocycles. The van der Waals surface area contributed by atoms with Gasteiger partial charge in [0.15, 0.2) is 10.9 Å². The third-order valence-electron chi connectivity index (χ3n) is 5.71. The summed E-state index contributed by atoms with van der Waals surface area (Å²) in [6.07, 6.45) is -3.15. The lowest BCUT2D eigenvalue weighted by atomic mass is 10.0. The minimum Gasteiger partial charge on any atom is -0.406 e. The number of nitrogens with zero attached hydrogens (tertiary/aromatic N) is 3. The fourth-order valence-corrected chi connectivity index (χ4v) is 3.96. The summed E-state index contributed by atoms with van der Waals surface area (Å²) >= 11 is 5.24. The molecule has 0 saturated carbocycles. The number of carbonyl (C=O) groups is 1. The predicted molar refractivity (Wildman–Crippen MR) is 152 cm³/mol. The number of ether oxygens (including phenoxy) is 1. The van der Waals surface area contributed by atoms with Crippen LogP contribution in [0.1, 0.15) is 41.3 Å². The van der Waals surface area contributed by atoms with E-state index in [1.54, 1.807) is 12.3 Å². The molecule has 0 atom stereocenters. The Morgan fingerprint density at radius 3 is 2.40 bits per heavy atom. The Hall–Kier alpha value is -4.71. The number of aromatic amines is 1. The maximum Gasteiger partial charge on any atom is 0.573 e. The van der Waals surface area contributed by atoms with Crippen LogP contribution in [0, 0.1) is 0 Å². The van der Waals surface area contributed by atoms with Gasteiger partial charge in [-0.15, -0.1) is 13.2 Å². The van der Waals surface area contributed by atoms with Crippen molar-refractivity contribution in [2.24, 2.45) is 10.8 Å². The number of carbonyl (C=O) groups excluding carboxylic acids is 1. The molecule has 0 spiro atoms. The van der Waals surface area contributed by atoms with Crippen molar-refractivity contribution in [3.63, 3.8) is 0 Å². The highest BCUT2D eigenvalue weighted by molar-refractivity contribution is 7.80. The van der Waals surface area contributed by atoms with Crippen LogP contribution in [0.4, 0.5) is 24.7 Å². The van der Waals surface area contributed by atoms with Crippen LogP contribution in [0.3, 0.4) is 0 Å². The highest BCUT2D eigenvalue weighted by Crippen LogP contribution is 2.28. The summed E-state index contributed by atoms with van der Waals surface area (Å²) in [4.78, 5) is 12.5. The second-order valence-corrected chi connectivity index (χ2v) is 9.34. The minimum absolute atomic E-state index is 0.124. The van der Waals surface area contributed by atoms with Crippen molar-refractivity contribution in [1.29, 1.82) is 0 Å². The van der Waals surface area contributed by atoms with E-state index in [1.807, 2.05) is 48.5 Å². The lowest BCUT2D eigenvalue weighted by Gasteiger charge is -2.21. The monoisotopic (exact) mass is 566 g/mol. The molecular formula is C28H25F3N6O2S. The van der Waals surface area contributed by atoms with Crippen LogP contribution in [-0.2, 0) is 0 Å². The number of nitrogens with two attached hydrogens (primary N) is 1. The molecule has 0 aliphatic heterocycles. The van der Waals surface area contributed by atoms with Gasteiger partial charge in [-0.05, 0) is 65.2 Å². The van der Waals surface area contributed by atoms with E-state index >= 15 is 0 Å². The van der Waals surface area contributed by atoms with Crippen molar-refractivity contribution in [3.05, 3.63) is 95.6 Å². The molecule has 0 aliphatic rings. The number of rotatable bonds is 8.